The summed E-state index contributed by atoms with van der Waals surface area (Å²) in [6.45, 7) is 4.10. The van der Waals surface area contributed by atoms with E-state index in [1.165, 1.54) is 0 Å². The largest absolute Gasteiger partial charge is 0.378 e. The molecule has 0 aromatic carbocycles. The number of rotatable bonds is 9. The van der Waals surface area contributed by atoms with Crippen molar-refractivity contribution in [2.75, 3.05) is 25.4 Å². The second-order valence-corrected chi connectivity index (χ2v) is 7.94. The van der Waals surface area contributed by atoms with E-state index in [-0.39, 0.29) is 42.9 Å². The second kappa shape index (κ2) is 9.44. The van der Waals surface area contributed by atoms with Crippen LogP contribution in [0.1, 0.15) is 39.5 Å². The smallest absolute Gasteiger partial charge is 0.235 e. The molecule has 1 aliphatic carbocycles. The number of carbonyl (C=O) groups excluding carboxylic acids is 1. The molecule has 1 saturated carbocycles. The zero-order valence-corrected chi connectivity index (χ0v) is 14.3. The summed E-state index contributed by atoms with van der Waals surface area (Å²) in [4.78, 5) is 11.9. The Hall–Kier alpha value is -0.700. The van der Waals surface area contributed by atoms with Crippen molar-refractivity contribution in [2.45, 2.75) is 51.7 Å². The van der Waals surface area contributed by atoms with Gasteiger partial charge in [0.25, 0.3) is 0 Å². The van der Waals surface area contributed by atoms with Crippen LogP contribution in [0, 0.1) is 5.92 Å². The van der Waals surface area contributed by atoms with E-state index in [1.807, 2.05) is 13.8 Å². The van der Waals surface area contributed by atoms with Crippen molar-refractivity contribution >= 4 is 15.9 Å². The molecule has 1 fully saturated rings. The Kier molecular flexibility index (Phi) is 8.30. The number of nitrogens with one attached hydrogen (secondary N) is 2. The topological polar surface area (TPSA) is 111 Å². The van der Waals surface area contributed by atoms with Gasteiger partial charge in [-0.25, -0.2) is 13.1 Å². The average molecular weight is 335 g/mol. The van der Waals surface area contributed by atoms with E-state index in [9.17, 15) is 13.2 Å². The van der Waals surface area contributed by atoms with E-state index in [4.69, 9.17) is 10.5 Å². The lowest BCUT2D eigenvalue weighted by Crippen LogP contribution is -2.48. The second-order valence-electron chi connectivity index (χ2n) is 6.01. The highest BCUT2D eigenvalue weighted by Crippen LogP contribution is 2.23. The zero-order chi connectivity index (χ0) is 16.6. The molecule has 0 bridgehead atoms. The molecule has 0 radical (unpaired) electrons. The molecule has 1 aliphatic rings. The summed E-state index contributed by atoms with van der Waals surface area (Å²) in [5.74, 6) is -0.166. The zero-order valence-electron chi connectivity index (χ0n) is 13.5. The van der Waals surface area contributed by atoms with Gasteiger partial charge in [0.15, 0.2) is 0 Å². The molecule has 0 saturated heterocycles. The van der Waals surface area contributed by atoms with Gasteiger partial charge in [-0.05, 0) is 39.2 Å². The average Bonchev–Trinajstić information content (AvgIpc) is 2.45. The molecule has 7 nitrogen and oxygen atoms in total. The minimum Gasteiger partial charge on any atom is -0.378 e. The molecule has 4 N–H and O–H groups in total. The molecular formula is C14H29N3O4S. The highest BCUT2D eigenvalue weighted by molar-refractivity contribution is 7.89. The first-order valence-electron chi connectivity index (χ1n) is 7.92. The van der Waals surface area contributed by atoms with Gasteiger partial charge < -0.3 is 15.8 Å². The van der Waals surface area contributed by atoms with E-state index in [2.05, 4.69) is 10.0 Å². The van der Waals surface area contributed by atoms with Crippen LogP contribution >= 0.6 is 0 Å². The minimum absolute atomic E-state index is 0.0157. The molecule has 0 aromatic heterocycles. The molecule has 0 heterocycles. The number of nitrogens with two attached hydrogens (primary N) is 1. The van der Waals surface area contributed by atoms with Gasteiger partial charge in [0.2, 0.25) is 15.9 Å². The van der Waals surface area contributed by atoms with E-state index in [0.717, 1.165) is 25.7 Å². The van der Waals surface area contributed by atoms with Gasteiger partial charge in [-0.1, -0.05) is 12.8 Å². The minimum atomic E-state index is -3.49. The third kappa shape index (κ3) is 7.53. The van der Waals surface area contributed by atoms with Crippen LogP contribution in [0.4, 0.5) is 0 Å². The Morgan fingerprint density at radius 2 is 2.00 bits per heavy atom. The van der Waals surface area contributed by atoms with Gasteiger partial charge in [-0.15, -0.1) is 0 Å². The maximum atomic E-state index is 11.9. The van der Waals surface area contributed by atoms with Gasteiger partial charge in [0.1, 0.15) is 0 Å². The third-order valence-electron chi connectivity index (χ3n) is 3.81. The van der Waals surface area contributed by atoms with Crippen molar-refractivity contribution in [3.05, 3.63) is 0 Å². The van der Waals surface area contributed by atoms with Crippen LogP contribution in [0.5, 0.6) is 0 Å². The predicted octanol–water partition coefficient (Wildman–Crippen LogP) is -0.0355. The number of carbonyl (C=O) groups is 1. The summed E-state index contributed by atoms with van der Waals surface area (Å²) < 4.78 is 31.0. The summed E-state index contributed by atoms with van der Waals surface area (Å²) in [5.41, 5.74) is 5.72. The summed E-state index contributed by atoms with van der Waals surface area (Å²) >= 11 is 0. The van der Waals surface area contributed by atoms with Crippen molar-refractivity contribution < 1.29 is 17.9 Å². The molecule has 0 aliphatic heterocycles. The Labute approximate surface area is 133 Å². The predicted molar refractivity (Wildman–Crippen MR) is 85.8 cm³/mol. The maximum absolute atomic E-state index is 11.9. The summed E-state index contributed by atoms with van der Waals surface area (Å²) in [6.07, 6.45) is 4.11. The third-order valence-corrected chi connectivity index (χ3v) is 5.10. The fourth-order valence-electron chi connectivity index (χ4n) is 2.58. The SMILES string of the molecule is CC(C)OCCS(=O)(=O)NCC(=O)NC1CCCCC1CN. The van der Waals surface area contributed by atoms with Crippen LogP contribution in [0.25, 0.3) is 0 Å². The van der Waals surface area contributed by atoms with E-state index in [1.54, 1.807) is 0 Å². The lowest BCUT2D eigenvalue weighted by atomic mass is 9.84. The molecule has 130 valence electrons. The summed E-state index contributed by atoms with van der Waals surface area (Å²) in [6, 6.07) is 0.0556. The first kappa shape index (κ1) is 19.3. The molecule has 2 unspecified atom stereocenters. The van der Waals surface area contributed by atoms with Gasteiger partial charge in [0.05, 0.1) is 25.0 Å². The first-order chi connectivity index (χ1) is 10.3. The molecule has 2 atom stereocenters. The van der Waals surface area contributed by atoms with Gasteiger partial charge in [0, 0.05) is 6.04 Å². The van der Waals surface area contributed by atoms with Crippen LogP contribution in [0.15, 0.2) is 0 Å². The molecular weight excluding hydrogens is 306 g/mol. The van der Waals surface area contributed by atoms with Gasteiger partial charge in [-0.3, -0.25) is 4.79 Å². The molecule has 22 heavy (non-hydrogen) atoms. The molecule has 8 heteroatoms. The van der Waals surface area contributed by atoms with E-state index >= 15 is 0 Å². The van der Waals surface area contributed by atoms with Crippen LogP contribution < -0.4 is 15.8 Å². The quantitative estimate of drug-likeness (QED) is 0.548. The fourth-order valence-corrected chi connectivity index (χ4v) is 3.39. The van der Waals surface area contributed by atoms with Gasteiger partial charge in [-0.2, -0.15) is 0 Å². The number of hydrogen-bond donors (Lipinski definition) is 3. The Morgan fingerprint density at radius 3 is 2.64 bits per heavy atom. The molecule has 0 aromatic rings. The van der Waals surface area contributed by atoms with Crippen LogP contribution in [-0.4, -0.2) is 51.9 Å². The number of ether oxygens (including phenoxy) is 1. The van der Waals surface area contributed by atoms with Crippen LogP contribution in [0.3, 0.4) is 0 Å². The Bertz CT molecular complexity index is 439. The van der Waals surface area contributed by atoms with Crippen LogP contribution in [-0.2, 0) is 19.6 Å². The van der Waals surface area contributed by atoms with Gasteiger partial charge >= 0.3 is 0 Å². The van der Waals surface area contributed by atoms with Crippen molar-refractivity contribution in [1.29, 1.82) is 0 Å². The Morgan fingerprint density at radius 1 is 1.32 bits per heavy atom. The molecule has 1 amide bonds. The maximum Gasteiger partial charge on any atom is 0.235 e. The van der Waals surface area contributed by atoms with Crippen molar-refractivity contribution in [3.63, 3.8) is 0 Å². The monoisotopic (exact) mass is 335 g/mol. The number of sulfonamides is 1. The van der Waals surface area contributed by atoms with E-state index < -0.39 is 10.0 Å². The number of amides is 1. The first-order valence-corrected chi connectivity index (χ1v) is 9.57. The fraction of sp³-hybridized carbons (Fsp3) is 0.929. The van der Waals surface area contributed by atoms with E-state index in [0.29, 0.717) is 6.54 Å². The van der Waals surface area contributed by atoms with Crippen molar-refractivity contribution in [2.24, 2.45) is 11.7 Å². The van der Waals surface area contributed by atoms with Crippen molar-refractivity contribution in [3.8, 4) is 0 Å². The molecule has 0 spiro atoms. The highest BCUT2D eigenvalue weighted by Gasteiger charge is 2.25. The lowest BCUT2D eigenvalue weighted by molar-refractivity contribution is -0.121. The normalized spacial score (nSPS) is 22.7. The number of hydrogen-bond acceptors (Lipinski definition) is 5. The van der Waals surface area contributed by atoms with Crippen LogP contribution in [0.2, 0.25) is 0 Å². The summed E-state index contributed by atoms with van der Waals surface area (Å²) in [7, 11) is -3.49. The van der Waals surface area contributed by atoms with Crippen molar-refractivity contribution in [1.82, 2.24) is 10.0 Å². The summed E-state index contributed by atoms with van der Waals surface area (Å²) in [5, 5.41) is 2.89. The highest BCUT2D eigenvalue weighted by atomic mass is 32.2. The standard InChI is InChI=1S/C14H29N3O4S/c1-11(2)21-7-8-22(19,20)16-10-14(18)17-13-6-4-3-5-12(13)9-15/h11-13,16H,3-10,15H2,1-2H3,(H,17,18). The Balaban J connectivity index is 2.32. The molecule has 1 rings (SSSR count). The lowest BCUT2D eigenvalue weighted by Gasteiger charge is -2.31.